The van der Waals surface area contributed by atoms with Crippen LogP contribution in [-0.4, -0.2) is 30.2 Å². The molecule has 0 saturated carbocycles. The summed E-state index contributed by atoms with van der Waals surface area (Å²) in [4.78, 5) is 21.0. The predicted molar refractivity (Wildman–Crippen MR) is 114 cm³/mol. The first-order valence-electron chi connectivity index (χ1n) is 10.1. The lowest BCUT2D eigenvalue weighted by Crippen LogP contribution is -2.29. The molecule has 0 radical (unpaired) electrons. The third-order valence-corrected chi connectivity index (χ3v) is 5.02. The van der Waals surface area contributed by atoms with E-state index in [1.165, 1.54) is 12.1 Å². The van der Waals surface area contributed by atoms with Crippen LogP contribution >= 0.6 is 0 Å². The summed E-state index contributed by atoms with van der Waals surface area (Å²) in [5, 5.41) is 7.56. The summed E-state index contributed by atoms with van der Waals surface area (Å²) in [5.74, 6) is 0.371. The fourth-order valence-electron chi connectivity index (χ4n) is 3.37. The summed E-state index contributed by atoms with van der Waals surface area (Å²) < 4.78 is 17.0. The van der Waals surface area contributed by atoms with Crippen molar-refractivity contribution in [1.29, 1.82) is 0 Å². The van der Waals surface area contributed by atoms with Gasteiger partial charge in [0.15, 0.2) is 0 Å². The van der Waals surface area contributed by atoms with Gasteiger partial charge in [0.1, 0.15) is 18.2 Å². The van der Waals surface area contributed by atoms with E-state index in [1.807, 2.05) is 35.9 Å². The Labute approximate surface area is 179 Å². The zero-order valence-electron chi connectivity index (χ0n) is 17.2. The van der Waals surface area contributed by atoms with Crippen molar-refractivity contribution in [3.05, 3.63) is 90.2 Å². The number of aromatic nitrogens is 5. The molecule has 3 heterocycles. The Hall–Kier alpha value is -3.81. The van der Waals surface area contributed by atoms with E-state index in [9.17, 15) is 9.18 Å². The number of amides is 1. The standard InChI is InChI=1S/C23H23FN6O/c1-2-29-12-11-26-22(29)15-27-23(31)16-30-20(13-17-3-5-19(24)6-4-17)14-21(28-30)18-7-9-25-10-8-18/h3-12,14H,2,13,15-16H2,1H3,(H,27,31). The number of nitrogens with one attached hydrogen (secondary N) is 1. The maximum absolute atomic E-state index is 13.3. The first kappa shape index (κ1) is 20.5. The highest BCUT2D eigenvalue weighted by atomic mass is 19.1. The molecule has 4 aromatic rings. The molecule has 0 unspecified atom stereocenters. The van der Waals surface area contributed by atoms with Gasteiger partial charge < -0.3 is 9.88 Å². The summed E-state index contributed by atoms with van der Waals surface area (Å²) in [5.41, 5.74) is 3.48. The number of halogens is 1. The Kier molecular flexibility index (Phi) is 6.16. The summed E-state index contributed by atoms with van der Waals surface area (Å²) in [6.07, 6.45) is 7.55. The van der Waals surface area contributed by atoms with Crippen molar-refractivity contribution in [1.82, 2.24) is 29.6 Å². The molecule has 31 heavy (non-hydrogen) atoms. The molecule has 8 heteroatoms. The van der Waals surface area contributed by atoms with Crippen molar-refractivity contribution < 1.29 is 9.18 Å². The van der Waals surface area contributed by atoms with Gasteiger partial charge in [0, 0.05) is 49.0 Å². The Morgan fingerprint density at radius 2 is 1.87 bits per heavy atom. The minimum absolute atomic E-state index is 0.0778. The van der Waals surface area contributed by atoms with Crippen LogP contribution < -0.4 is 5.32 Å². The van der Waals surface area contributed by atoms with Crippen LogP contribution in [-0.2, 0) is 30.8 Å². The number of nitrogens with zero attached hydrogens (tertiary/aromatic N) is 5. The van der Waals surface area contributed by atoms with Crippen LogP contribution in [0.1, 0.15) is 24.0 Å². The number of hydrogen-bond donors (Lipinski definition) is 1. The van der Waals surface area contributed by atoms with E-state index in [-0.39, 0.29) is 18.3 Å². The molecule has 1 amide bonds. The first-order chi connectivity index (χ1) is 15.1. The third kappa shape index (κ3) is 5.03. The zero-order valence-corrected chi connectivity index (χ0v) is 17.2. The molecule has 7 nitrogen and oxygen atoms in total. The number of aryl methyl sites for hydroxylation is 1. The molecule has 0 atom stereocenters. The van der Waals surface area contributed by atoms with Crippen molar-refractivity contribution in [2.24, 2.45) is 0 Å². The van der Waals surface area contributed by atoms with E-state index < -0.39 is 0 Å². The van der Waals surface area contributed by atoms with Crippen LogP contribution in [0, 0.1) is 5.82 Å². The van der Waals surface area contributed by atoms with Crippen LogP contribution in [0.4, 0.5) is 4.39 Å². The Bertz CT molecular complexity index is 1150. The van der Waals surface area contributed by atoms with Crippen LogP contribution in [0.15, 0.2) is 67.3 Å². The highest BCUT2D eigenvalue weighted by Crippen LogP contribution is 2.20. The van der Waals surface area contributed by atoms with E-state index in [1.54, 1.807) is 35.4 Å². The third-order valence-electron chi connectivity index (χ3n) is 5.02. The summed E-state index contributed by atoms with van der Waals surface area (Å²) in [7, 11) is 0. The Balaban J connectivity index is 1.53. The van der Waals surface area contributed by atoms with Gasteiger partial charge >= 0.3 is 0 Å². The largest absolute Gasteiger partial charge is 0.347 e. The molecular formula is C23H23FN6O. The monoisotopic (exact) mass is 418 g/mol. The van der Waals surface area contributed by atoms with Gasteiger partial charge in [-0.05, 0) is 42.8 Å². The number of pyridine rings is 1. The number of benzene rings is 1. The molecule has 1 aromatic carbocycles. The zero-order chi connectivity index (χ0) is 21.6. The van der Waals surface area contributed by atoms with E-state index in [0.717, 1.165) is 34.9 Å². The van der Waals surface area contributed by atoms with Crippen LogP contribution in [0.25, 0.3) is 11.3 Å². The predicted octanol–water partition coefficient (Wildman–Crippen LogP) is 3.21. The molecule has 158 valence electrons. The molecular weight excluding hydrogens is 395 g/mol. The summed E-state index contributed by atoms with van der Waals surface area (Å²) in [6, 6.07) is 12.0. The van der Waals surface area contributed by atoms with Crippen molar-refractivity contribution in [2.75, 3.05) is 0 Å². The second kappa shape index (κ2) is 9.34. The SMILES string of the molecule is CCn1ccnc1CNC(=O)Cn1nc(-c2ccncc2)cc1Cc1ccc(F)cc1. The van der Waals surface area contributed by atoms with Gasteiger partial charge in [-0.25, -0.2) is 9.37 Å². The van der Waals surface area contributed by atoms with Crippen LogP contribution in [0.3, 0.4) is 0 Å². The minimum Gasteiger partial charge on any atom is -0.347 e. The Morgan fingerprint density at radius 1 is 1.10 bits per heavy atom. The number of carbonyl (C=O) groups is 1. The highest BCUT2D eigenvalue weighted by Gasteiger charge is 2.14. The second-order valence-electron chi connectivity index (χ2n) is 7.12. The number of rotatable bonds is 8. The molecule has 3 aromatic heterocycles. The van der Waals surface area contributed by atoms with Gasteiger partial charge in [-0.2, -0.15) is 5.10 Å². The van der Waals surface area contributed by atoms with E-state index >= 15 is 0 Å². The molecule has 0 aliphatic carbocycles. The average Bonchev–Trinajstić information content (AvgIpc) is 3.41. The quantitative estimate of drug-likeness (QED) is 0.477. The first-order valence-corrected chi connectivity index (χ1v) is 10.1. The second-order valence-corrected chi connectivity index (χ2v) is 7.12. The van der Waals surface area contributed by atoms with E-state index in [0.29, 0.717) is 13.0 Å². The van der Waals surface area contributed by atoms with E-state index in [2.05, 4.69) is 20.4 Å². The topological polar surface area (TPSA) is 77.6 Å². The lowest BCUT2D eigenvalue weighted by atomic mass is 10.1. The number of imidazole rings is 1. The highest BCUT2D eigenvalue weighted by molar-refractivity contribution is 5.75. The van der Waals surface area contributed by atoms with Crippen molar-refractivity contribution in [3.63, 3.8) is 0 Å². The molecule has 1 N–H and O–H groups in total. The fraction of sp³-hybridized carbons (Fsp3) is 0.217. The molecule has 0 spiro atoms. The molecule has 0 saturated heterocycles. The molecule has 0 aliphatic heterocycles. The molecule has 0 fully saturated rings. The van der Waals surface area contributed by atoms with Gasteiger partial charge in [-0.15, -0.1) is 0 Å². The summed E-state index contributed by atoms with van der Waals surface area (Å²) in [6.45, 7) is 3.25. The number of hydrogen-bond acceptors (Lipinski definition) is 4. The van der Waals surface area contributed by atoms with Gasteiger partial charge in [0.05, 0.1) is 12.2 Å². The van der Waals surface area contributed by atoms with Crippen molar-refractivity contribution in [2.45, 2.75) is 33.0 Å². The minimum atomic E-state index is -0.278. The van der Waals surface area contributed by atoms with Gasteiger partial charge in [0.25, 0.3) is 0 Å². The lowest BCUT2D eigenvalue weighted by Gasteiger charge is -2.09. The lowest BCUT2D eigenvalue weighted by molar-refractivity contribution is -0.122. The van der Waals surface area contributed by atoms with Crippen LogP contribution in [0.5, 0.6) is 0 Å². The average molecular weight is 418 g/mol. The van der Waals surface area contributed by atoms with Gasteiger partial charge in [-0.1, -0.05) is 12.1 Å². The maximum atomic E-state index is 13.3. The van der Waals surface area contributed by atoms with E-state index in [4.69, 9.17) is 0 Å². The van der Waals surface area contributed by atoms with Gasteiger partial charge in [-0.3, -0.25) is 14.5 Å². The van der Waals surface area contributed by atoms with Gasteiger partial charge in [0.2, 0.25) is 5.91 Å². The maximum Gasteiger partial charge on any atom is 0.242 e. The summed E-state index contributed by atoms with van der Waals surface area (Å²) >= 11 is 0. The van der Waals surface area contributed by atoms with Crippen LogP contribution in [0.2, 0.25) is 0 Å². The Morgan fingerprint density at radius 3 is 2.61 bits per heavy atom. The smallest absolute Gasteiger partial charge is 0.242 e. The number of carbonyl (C=O) groups excluding carboxylic acids is 1. The van der Waals surface area contributed by atoms with Crippen molar-refractivity contribution in [3.8, 4) is 11.3 Å². The molecule has 4 rings (SSSR count). The molecule has 0 bridgehead atoms. The normalized spacial score (nSPS) is 10.9. The molecule has 0 aliphatic rings. The fourth-order valence-corrected chi connectivity index (χ4v) is 3.37. The van der Waals surface area contributed by atoms with Crippen molar-refractivity contribution >= 4 is 5.91 Å².